The lowest BCUT2D eigenvalue weighted by atomic mass is 10.2. The van der Waals surface area contributed by atoms with Crippen molar-refractivity contribution >= 4 is 58.3 Å². The van der Waals surface area contributed by atoms with E-state index < -0.39 is 22.3 Å². The fraction of sp³-hybridized carbons (Fsp3) is 0.286. The van der Waals surface area contributed by atoms with Crippen molar-refractivity contribution in [2.45, 2.75) is 3.79 Å². The van der Waals surface area contributed by atoms with E-state index in [9.17, 15) is 9.59 Å². The molecule has 0 amide bonds. The molecule has 1 aromatic carbocycles. The molecule has 0 saturated heterocycles. The molecule has 0 atom stereocenters. The molecule has 0 unspecified atom stereocenters. The van der Waals surface area contributed by atoms with Crippen LogP contribution < -0.4 is 4.74 Å². The second-order valence-electron chi connectivity index (χ2n) is 4.14. The first-order valence-corrected chi connectivity index (χ1v) is 7.71. The van der Waals surface area contributed by atoms with Crippen LogP contribution in [0, 0.1) is 0 Å². The number of halogens is 4. The zero-order valence-corrected chi connectivity index (χ0v) is 15.5. The lowest BCUT2D eigenvalue weighted by Gasteiger charge is -2.14. The molecule has 0 N–H and O–H groups in total. The van der Waals surface area contributed by atoms with Gasteiger partial charge in [-0.3, -0.25) is 0 Å². The second kappa shape index (κ2) is 9.22. The van der Waals surface area contributed by atoms with E-state index in [1.54, 1.807) is 0 Å². The Labute approximate surface area is 158 Å². The molecule has 0 bridgehead atoms. The Bertz CT molecular complexity index is 639. The number of ether oxygens (including phenoxy) is 4. The summed E-state index contributed by atoms with van der Waals surface area (Å²) >= 11 is 22.5. The summed E-state index contributed by atoms with van der Waals surface area (Å²) in [4.78, 5) is 23.8. The molecular weight excluding hydrogens is 406 g/mol. The van der Waals surface area contributed by atoms with E-state index in [0.717, 1.165) is 13.4 Å². The van der Waals surface area contributed by atoms with Crippen molar-refractivity contribution in [3.63, 3.8) is 0 Å². The third kappa shape index (κ3) is 6.65. The molecule has 0 saturated carbocycles. The van der Waals surface area contributed by atoms with Crippen molar-refractivity contribution in [3.8, 4) is 5.75 Å². The van der Waals surface area contributed by atoms with Crippen LogP contribution in [0.3, 0.4) is 0 Å². The maximum Gasteiger partial charge on any atom is 0.377 e. The monoisotopic (exact) mass is 416 g/mol. The lowest BCUT2D eigenvalue weighted by Crippen LogP contribution is -2.18. The minimum absolute atomic E-state index is 0.0255. The van der Waals surface area contributed by atoms with Gasteiger partial charge in [0.2, 0.25) is 9.55 Å². The van der Waals surface area contributed by atoms with Crippen molar-refractivity contribution in [3.05, 3.63) is 40.8 Å². The molecule has 0 spiro atoms. The Balaban J connectivity index is 3.09. The molecule has 10 heteroatoms. The Hall–Kier alpha value is -1.34. The number of alkyl halides is 3. The van der Waals surface area contributed by atoms with Crippen molar-refractivity contribution < 1.29 is 28.5 Å². The fourth-order valence-corrected chi connectivity index (χ4v) is 1.75. The van der Waals surface area contributed by atoms with Gasteiger partial charge in [-0.1, -0.05) is 46.4 Å². The number of hydrogen-bond acceptors (Lipinski definition) is 6. The van der Waals surface area contributed by atoms with E-state index in [1.807, 2.05) is 0 Å². The minimum Gasteiger partial charge on any atom is -0.500 e. The molecule has 0 aliphatic heterocycles. The Morgan fingerprint density at radius 1 is 1.21 bits per heavy atom. The first-order valence-electron chi connectivity index (χ1n) is 6.20. The second-order valence-corrected chi connectivity index (χ2v) is 7.10. The highest BCUT2D eigenvalue weighted by Gasteiger charge is 2.25. The summed E-state index contributed by atoms with van der Waals surface area (Å²) in [5.74, 6) is -1.99. The molecule has 1 aromatic rings. The van der Waals surface area contributed by atoms with Crippen molar-refractivity contribution in [1.29, 1.82) is 0 Å². The zero-order chi connectivity index (χ0) is 18.3. The molecular formula is C14H12Cl4O6. The molecule has 0 radical (unpaired) electrons. The highest BCUT2D eigenvalue weighted by atomic mass is 35.6. The van der Waals surface area contributed by atoms with Crippen LogP contribution in [0.4, 0.5) is 0 Å². The van der Waals surface area contributed by atoms with Crippen LogP contribution in [-0.2, 0) is 19.0 Å². The lowest BCUT2D eigenvalue weighted by molar-refractivity contribution is -0.138. The van der Waals surface area contributed by atoms with Gasteiger partial charge >= 0.3 is 11.9 Å². The number of carbonyl (C=O) groups excluding carboxylic acids is 2. The summed E-state index contributed by atoms with van der Waals surface area (Å²) in [6, 6.07) is 4.09. The number of methoxy groups -OCH3 is 2. The van der Waals surface area contributed by atoms with Gasteiger partial charge < -0.3 is 18.9 Å². The molecule has 0 aliphatic rings. The van der Waals surface area contributed by atoms with E-state index in [1.165, 1.54) is 25.3 Å². The quantitative estimate of drug-likeness (QED) is 0.302. The Morgan fingerprint density at radius 2 is 1.88 bits per heavy atom. The van der Waals surface area contributed by atoms with Crippen LogP contribution in [0.1, 0.15) is 10.4 Å². The SMILES string of the molecule is COC=C(Oc1ccc(Cl)cc1C(=O)OCC(Cl)(Cl)Cl)C(=O)OC. The molecule has 0 aliphatic carbocycles. The summed E-state index contributed by atoms with van der Waals surface area (Å²) in [5.41, 5.74) is -0.0809. The number of esters is 2. The molecule has 0 fully saturated rings. The van der Waals surface area contributed by atoms with Crippen molar-refractivity contribution in [2.24, 2.45) is 0 Å². The predicted octanol–water partition coefficient (Wildman–Crippen LogP) is 3.91. The largest absolute Gasteiger partial charge is 0.500 e. The van der Waals surface area contributed by atoms with Gasteiger partial charge in [0.25, 0.3) is 0 Å². The smallest absolute Gasteiger partial charge is 0.377 e. The van der Waals surface area contributed by atoms with Gasteiger partial charge in [-0.25, -0.2) is 9.59 Å². The van der Waals surface area contributed by atoms with Gasteiger partial charge in [-0.05, 0) is 18.2 Å². The minimum atomic E-state index is -1.78. The van der Waals surface area contributed by atoms with Gasteiger partial charge in [0.15, 0.2) is 0 Å². The number of hydrogen-bond donors (Lipinski definition) is 0. The van der Waals surface area contributed by atoms with E-state index in [0.29, 0.717) is 0 Å². The number of rotatable bonds is 6. The van der Waals surface area contributed by atoms with Gasteiger partial charge in [0, 0.05) is 5.02 Å². The molecule has 1 rings (SSSR count). The van der Waals surface area contributed by atoms with Crippen molar-refractivity contribution in [1.82, 2.24) is 0 Å². The third-order valence-electron chi connectivity index (χ3n) is 2.36. The molecule has 132 valence electrons. The van der Waals surface area contributed by atoms with Gasteiger partial charge in [0.1, 0.15) is 24.2 Å². The third-order valence-corrected chi connectivity index (χ3v) is 2.92. The zero-order valence-electron chi connectivity index (χ0n) is 12.5. The topological polar surface area (TPSA) is 71.1 Å². The average molecular weight is 418 g/mol. The summed E-state index contributed by atoms with van der Waals surface area (Å²) in [7, 11) is 2.47. The Kier molecular flexibility index (Phi) is 7.96. The van der Waals surface area contributed by atoms with E-state index >= 15 is 0 Å². The molecule has 0 heterocycles. The fourth-order valence-electron chi connectivity index (χ4n) is 1.42. The van der Waals surface area contributed by atoms with Crippen LogP contribution in [0.25, 0.3) is 0 Å². The summed E-state index contributed by atoms with van der Waals surface area (Å²) in [6.45, 7) is -0.486. The average Bonchev–Trinajstić information content (AvgIpc) is 2.52. The molecule has 24 heavy (non-hydrogen) atoms. The van der Waals surface area contributed by atoms with Gasteiger partial charge in [-0.2, -0.15) is 0 Å². The normalized spacial score (nSPS) is 11.7. The van der Waals surface area contributed by atoms with Crippen LogP contribution >= 0.6 is 46.4 Å². The first-order chi connectivity index (χ1) is 11.2. The van der Waals surface area contributed by atoms with E-state index in [-0.39, 0.29) is 22.1 Å². The predicted molar refractivity (Wildman–Crippen MR) is 89.8 cm³/mol. The highest BCUT2D eigenvalue weighted by Crippen LogP contribution is 2.29. The van der Waals surface area contributed by atoms with Crippen LogP contribution in [-0.4, -0.2) is 36.6 Å². The van der Waals surface area contributed by atoms with Gasteiger partial charge in [-0.15, -0.1) is 0 Å². The maximum atomic E-state index is 12.1. The standard InChI is InChI=1S/C14H12Cl4O6/c1-21-6-11(13(20)22-2)24-10-4-3-8(15)5-9(10)12(19)23-7-14(16,17)18/h3-6H,7H2,1-2H3. The Morgan fingerprint density at radius 3 is 2.42 bits per heavy atom. The van der Waals surface area contributed by atoms with Crippen LogP contribution in [0.5, 0.6) is 5.75 Å². The van der Waals surface area contributed by atoms with E-state index in [2.05, 4.69) is 4.74 Å². The first kappa shape index (κ1) is 20.7. The number of benzene rings is 1. The summed E-state index contributed by atoms with van der Waals surface area (Å²) < 4.78 is 17.7. The van der Waals surface area contributed by atoms with Crippen molar-refractivity contribution in [2.75, 3.05) is 20.8 Å². The highest BCUT2D eigenvalue weighted by molar-refractivity contribution is 6.67. The number of carbonyl (C=O) groups is 2. The summed E-state index contributed by atoms with van der Waals surface area (Å²) in [6.07, 6.45) is 1.01. The van der Waals surface area contributed by atoms with Crippen LogP contribution in [0.15, 0.2) is 30.2 Å². The maximum absolute atomic E-state index is 12.1. The van der Waals surface area contributed by atoms with E-state index in [4.69, 9.17) is 60.6 Å². The molecule has 0 aromatic heterocycles. The molecule has 6 nitrogen and oxygen atoms in total. The van der Waals surface area contributed by atoms with Crippen LogP contribution in [0.2, 0.25) is 5.02 Å². The summed E-state index contributed by atoms with van der Waals surface area (Å²) in [5, 5.41) is 0.235. The van der Waals surface area contributed by atoms with Gasteiger partial charge in [0.05, 0.1) is 14.2 Å².